The fourth-order valence-corrected chi connectivity index (χ4v) is 4.10. The summed E-state index contributed by atoms with van der Waals surface area (Å²) in [6.07, 6.45) is 2.25. The summed E-state index contributed by atoms with van der Waals surface area (Å²) in [6, 6.07) is 18.1. The van der Waals surface area contributed by atoms with Crippen molar-refractivity contribution in [2.45, 2.75) is 44.1 Å². The molecular weight excluding hydrogens is 366 g/mol. The van der Waals surface area contributed by atoms with Gasteiger partial charge in [0.15, 0.2) is 0 Å². The molecule has 1 aliphatic rings. The SMILES string of the molecule is COC(=O)[C@H](NC(=O)C(C)(c1ccccc1)c1ccccc1)[C@H]1CCCC(=O)C1. The third-order valence-electron chi connectivity index (χ3n) is 5.89. The van der Waals surface area contributed by atoms with E-state index in [1.54, 1.807) is 0 Å². The van der Waals surface area contributed by atoms with Crippen molar-refractivity contribution in [3.8, 4) is 0 Å². The molecule has 0 radical (unpaired) electrons. The van der Waals surface area contributed by atoms with E-state index in [1.165, 1.54) is 7.11 Å². The highest BCUT2D eigenvalue weighted by Gasteiger charge is 2.41. The highest BCUT2D eigenvalue weighted by atomic mass is 16.5. The number of nitrogens with one attached hydrogen (secondary N) is 1. The van der Waals surface area contributed by atoms with Gasteiger partial charge in [-0.3, -0.25) is 9.59 Å². The minimum Gasteiger partial charge on any atom is -0.467 e. The highest BCUT2D eigenvalue weighted by Crippen LogP contribution is 2.33. The minimum absolute atomic E-state index is 0.123. The summed E-state index contributed by atoms with van der Waals surface area (Å²) in [5, 5.41) is 2.93. The van der Waals surface area contributed by atoms with E-state index in [0.717, 1.165) is 17.5 Å². The molecule has 29 heavy (non-hydrogen) atoms. The Balaban J connectivity index is 1.96. The molecule has 152 valence electrons. The topological polar surface area (TPSA) is 72.5 Å². The molecule has 2 aromatic carbocycles. The Bertz CT molecular complexity index is 823. The van der Waals surface area contributed by atoms with Gasteiger partial charge in [-0.05, 0) is 36.8 Å². The zero-order valence-corrected chi connectivity index (χ0v) is 16.9. The molecule has 5 heteroatoms. The lowest BCUT2D eigenvalue weighted by atomic mass is 9.74. The lowest BCUT2D eigenvalue weighted by Gasteiger charge is -2.34. The second-order valence-corrected chi connectivity index (χ2v) is 7.73. The number of methoxy groups -OCH3 is 1. The normalized spacial score (nSPS) is 18.0. The van der Waals surface area contributed by atoms with Crippen LogP contribution < -0.4 is 5.32 Å². The van der Waals surface area contributed by atoms with E-state index in [9.17, 15) is 14.4 Å². The summed E-state index contributed by atoms with van der Waals surface area (Å²) in [5.41, 5.74) is 0.659. The molecule has 0 aromatic heterocycles. The van der Waals surface area contributed by atoms with Crippen molar-refractivity contribution in [3.05, 3.63) is 71.8 Å². The predicted molar refractivity (Wildman–Crippen MR) is 110 cm³/mol. The van der Waals surface area contributed by atoms with Gasteiger partial charge >= 0.3 is 5.97 Å². The molecule has 2 aromatic rings. The van der Waals surface area contributed by atoms with Crippen molar-refractivity contribution in [3.63, 3.8) is 0 Å². The summed E-state index contributed by atoms with van der Waals surface area (Å²) >= 11 is 0. The summed E-state index contributed by atoms with van der Waals surface area (Å²) in [4.78, 5) is 38.1. The maximum absolute atomic E-state index is 13.6. The number of carbonyl (C=O) groups excluding carboxylic acids is 3. The Hall–Kier alpha value is -2.95. The van der Waals surface area contributed by atoms with Crippen LogP contribution in [0.15, 0.2) is 60.7 Å². The van der Waals surface area contributed by atoms with Gasteiger partial charge in [0.1, 0.15) is 11.8 Å². The molecule has 0 heterocycles. The predicted octanol–water partition coefficient (Wildman–Crippen LogP) is 3.41. The Morgan fingerprint density at radius 1 is 1.03 bits per heavy atom. The van der Waals surface area contributed by atoms with Crippen LogP contribution >= 0.6 is 0 Å². The lowest BCUT2D eigenvalue weighted by Crippen LogP contribution is -2.53. The fourth-order valence-electron chi connectivity index (χ4n) is 4.10. The summed E-state index contributed by atoms with van der Waals surface area (Å²) in [5.74, 6) is -0.924. The largest absolute Gasteiger partial charge is 0.467 e. The maximum atomic E-state index is 13.6. The first kappa shape index (κ1) is 20.8. The highest BCUT2D eigenvalue weighted by molar-refractivity contribution is 5.95. The quantitative estimate of drug-likeness (QED) is 0.764. The molecule has 0 bridgehead atoms. The van der Waals surface area contributed by atoms with Crippen LogP contribution in [0.25, 0.3) is 0 Å². The number of ketones is 1. The van der Waals surface area contributed by atoms with Gasteiger partial charge in [0.2, 0.25) is 5.91 Å². The number of carbonyl (C=O) groups is 3. The molecular formula is C24H27NO4. The van der Waals surface area contributed by atoms with Gasteiger partial charge in [0.05, 0.1) is 12.5 Å². The van der Waals surface area contributed by atoms with Gasteiger partial charge in [-0.2, -0.15) is 0 Å². The minimum atomic E-state index is -0.993. The molecule has 1 N–H and O–H groups in total. The number of ether oxygens (including phenoxy) is 1. The van der Waals surface area contributed by atoms with Crippen molar-refractivity contribution in [2.75, 3.05) is 7.11 Å². The van der Waals surface area contributed by atoms with Gasteiger partial charge in [-0.15, -0.1) is 0 Å². The third kappa shape index (κ3) is 4.39. The van der Waals surface area contributed by atoms with Crippen LogP contribution in [0.1, 0.15) is 43.7 Å². The number of hydrogen-bond acceptors (Lipinski definition) is 4. The molecule has 1 saturated carbocycles. The zero-order valence-electron chi connectivity index (χ0n) is 16.9. The van der Waals surface area contributed by atoms with Crippen LogP contribution in [-0.4, -0.2) is 30.8 Å². The summed E-state index contributed by atoms with van der Waals surface area (Å²) < 4.78 is 4.96. The van der Waals surface area contributed by atoms with E-state index in [1.807, 2.05) is 67.6 Å². The first-order valence-electron chi connectivity index (χ1n) is 9.98. The van der Waals surface area contributed by atoms with Crippen LogP contribution in [0.4, 0.5) is 0 Å². The van der Waals surface area contributed by atoms with E-state index in [2.05, 4.69) is 5.32 Å². The number of Topliss-reactive ketones (excluding diaryl/α,β-unsaturated/α-hetero) is 1. The van der Waals surface area contributed by atoms with Gasteiger partial charge in [0.25, 0.3) is 0 Å². The summed E-state index contributed by atoms with van der Waals surface area (Å²) in [7, 11) is 1.31. The zero-order chi connectivity index (χ0) is 20.9. The van der Waals surface area contributed by atoms with Gasteiger partial charge in [-0.25, -0.2) is 4.79 Å². The van der Waals surface area contributed by atoms with Crippen molar-refractivity contribution in [1.82, 2.24) is 5.32 Å². The van der Waals surface area contributed by atoms with Crippen molar-refractivity contribution >= 4 is 17.7 Å². The molecule has 3 rings (SSSR count). The maximum Gasteiger partial charge on any atom is 0.328 e. The Labute approximate surface area is 171 Å². The second-order valence-electron chi connectivity index (χ2n) is 7.73. The van der Waals surface area contributed by atoms with Gasteiger partial charge < -0.3 is 10.1 Å². The van der Waals surface area contributed by atoms with Crippen LogP contribution in [0.2, 0.25) is 0 Å². The Morgan fingerprint density at radius 3 is 2.07 bits per heavy atom. The van der Waals surface area contributed by atoms with E-state index in [0.29, 0.717) is 12.8 Å². The molecule has 0 unspecified atom stereocenters. The van der Waals surface area contributed by atoms with Crippen LogP contribution in [-0.2, 0) is 24.5 Å². The smallest absolute Gasteiger partial charge is 0.328 e. The number of esters is 1. The monoisotopic (exact) mass is 393 g/mol. The number of rotatable bonds is 6. The van der Waals surface area contributed by atoms with E-state index in [-0.39, 0.29) is 24.0 Å². The molecule has 1 aliphatic carbocycles. The molecule has 0 saturated heterocycles. The lowest BCUT2D eigenvalue weighted by molar-refractivity contribution is -0.148. The number of benzene rings is 2. The Kier molecular flexibility index (Phi) is 6.47. The molecule has 2 atom stereocenters. The van der Waals surface area contributed by atoms with Gasteiger partial charge in [0, 0.05) is 12.8 Å². The van der Waals surface area contributed by atoms with Crippen LogP contribution in [0.3, 0.4) is 0 Å². The average molecular weight is 393 g/mol. The molecule has 5 nitrogen and oxygen atoms in total. The molecule has 0 aliphatic heterocycles. The van der Waals surface area contributed by atoms with Crippen LogP contribution in [0, 0.1) is 5.92 Å². The second kappa shape index (κ2) is 9.03. The number of hydrogen-bond donors (Lipinski definition) is 1. The van der Waals surface area contributed by atoms with E-state index in [4.69, 9.17) is 4.74 Å². The third-order valence-corrected chi connectivity index (χ3v) is 5.89. The molecule has 0 spiro atoms. The van der Waals surface area contributed by atoms with E-state index >= 15 is 0 Å². The Morgan fingerprint density at radius 2 is 1.59 bits per heavy atom. The van der Waals surface area contributed by atoms with Crippen LogP contribution in [0.5, 0.6) is 0 Å². The van der Waals surface area contributed by atoms with Crippen molar-refractivity contribution < 1.29 is 19.1 Å². The molecule has 1 fully saturated rings. The number of amides is 1. The average Bonchev–Trinajstić information content (AvgIpc) is 2.77. The molecule has 1 amide bonds. The van der Waals surface area contributed by atoms with E-state index < -0.39 is 17.4 Å². The van der Waals surface area contributed by atoms with Gasteiger partial charge in [-0.1, -0.05) is 60.7 Å². The first-order valence-corrected chi connectivity index (χ1v) is 9.98. The standard InChI is InChI=1S/C24H27NO4/c1-24(18-11-5-3-6-12-18,19-13-7-4-8-14-19)23(28)25-21(22(27)29-2)17-10-9-15-20(26)16-17/h3-8,11-14,17,21H,9-10,15-16H2,1-2H3,(H,25,28)/t17-,21+/m0/s1. The first-order chi connectivity index (χ1) is 14.0. The van der Waals surface area contributed by atoms with Crippen molar-refractivity contribution in [1.29, 1.82) is 0 Å². The summed E-state index contributed by atoms with van der Waals surface area (Å²) in [6.45, 7) is 1.85. The fraction of sp³-hybridized carbons (Fsp3) is 0.375. The van der Waals surface area contributed by atoms with Crippen molar-refractivity contribution in [2.24, 2.45) is 5.92 Å².